The molecule has 3 heterocycles. The minimum absolute atomic E-state index is 0.0969. The number of fused-ring (bicyclic) bond motifs is 4. The number of likely N-dealkylation sites (N-methyl/N-ethyl adjacent to an activating group) is 1. The molecule has 0 fully saturated rings. The van der Waals surface area contributed by atoms with E-state index in [2.05, 4.69) is 4.90 Å². The molecule has 0 unspecified atom stereocenters. The molecule has 28 heavy (non-hydrogen) atoms. The number of hydrogen-bond donors (Lipinski definition) is 2. The van der Waals surface area contributed by atoms with Gasteiger partial charge >= 0.3 is 5.97 Å². The van der Waals surface area contributed by atoms with Gasteiger partial charge in [0.15, 0.2) is 11.5 Å². The quantitative estimate of drug-likeness (QED) is 0.782. The Morgan fingerprint density at radius 1 is 1.11 bits per heavy atom. The summed E-state index contributed by atoms with van der Waals surface area (Å²) in [7, 11) is 2.00. The third-order valence-corrected chi connectivity index (χ3v) is 5.93. The van der Waals surface area contributed by atoms with E-state index in [1.165, 1.54) is 0 Å². The topological polar surface area (TPSA) is 88.5 Å². The lowest BCUT2D eigenvalue weighted by atomic mass is 9.84. The summed E-state index contributed by atoms with van der Waals surface area (Å²) in [6.45, 7) is 0.627. The van der Waals surface area contributed by atoms with Crippen molar-refractivity contribution < 1.29 is 29.2 Å². The molecule has 2 aromatic rings. The van der Waals surface area contributed by atoms with Gasteiger partial charge in [0, 0.05) is 12.1 Å². The van der Waals surface area contributed by atoms with Crippen LogP contribution in [0.25, 0.3) is 0 Å². The molecule has 3 aliphatic rings. The highest BCUT2D eigenvalue weighted by molar-refractivity contribution is 5.98. The molecule has 0 aromatic heterocycles. The minimum atomic E-state index is -0.479. The second kappa shape index (κ2) is 6.48. The Labute approximate surface area is 162 Å². The van der Waals surface area contributed by atoms with Crippen LogP contribution in [0.15, 0.2) is 24.3 Å². The Balaban J connectivity index is 1.63. The molecular weight excluding hydrogens is 362 g/mol. The number of benzene rings is 2. The van der Waals surface area contributed by atoms with Crippen molar-refractivity contribution in [2.24, 2.45) is 0 Å². The van der Waals surface area contributed by atoms with Gasteiger partial charge in [0.25, 0.3) is 0 Å². The van der Waals surface area contributed by atoms with Crippen molar-refractivity contribution in [2.75, 3.05) is 20.4 Å². The first-order valence-corrected chi connectivity index (χ1v) is 9.32. The van der Waals surface area contributed by atoms with Gasteiger partial charge in [-0.3, -0.25) is 4.90 Å². The Morgan fingerprint density at radius 2 is 1.89 bits per heavy atom. The van der Waals surface area contributed by atoms with E-state index in [9.17, 15) is 15.0 Å². The van der Waals surface area contributed by atoms with Crippen LogP contribution >= 0.6 is 0 Å². The normalized spacial score (nSPS) is 22.8. The number of hydrogen-bond acceptors (Lipinski definition) is 7. The summed E-state index contributed by atoms with van der Waals surface area (Å²) in [6.07, 6.45) is 0.350. The molecule has 2 N–H and O–H groups in total. The first-order valence-electron chi connectivity index (χ1n) is 9.32. The van der Waals surface area contributed by atoms with Gasteiger partial charge in [0.2, 0.25) is 6.79 Å². The van der Waals surface area contributed by atoms with Crippen LogP contribution in [0.1, 0.15) is 50.3 Å². The van der Waals surface area contributed by atoms with E-state index in [1.807, 2.05) is 31.3 Å². The Hall–Kier alpha value is -2.61. The van der Waals surface area contributed by atoms with Gasteiger partial charge in [0.05, 0.1) is 19.3 Å². The molecule has 0 aliphatic carbocycles. The maximum absolute atomic E-state index is 12.7. The van der Waals surface area contributed by atoms with E-state index in [4.69, 9.17) is 14.2 Å². The summed E-state index contributed by atoms with van der Waals surface area (Å²) in [5, 5.41) is 19.4. The number of aliphatic hydroxyl groups is 2. The average molecular weight is 383 g/mol. The van der Waals surface area contributed by atoms with E-state index in [-0.39, 0.29) is 26.0 Å². The van der Waals surface area contributed by atoms with E-state index in [0.29, 0.717) is 22.6 Å². The van der Waals surface area contributed by atoms with Gasteiger partial charge in [-0.05, 0) is 41.8 Å². The van der Waals surface area contributed by atoms with Crippen molar-refractivity contribution in [3.63, 3.8) is 0 Å². The maximum atomic E-state index is 12.7. The van der Waals surface area contributed by atoms with Crippen molar-refractivity contribution in [3.8, 4) is 11.5 Å². The molecule has 5 rings (SSSR count). The fourth-order valence-electron chi connectivity index (χ4n) is 4.52. The van der Waals surface area contributed by atoms with Crippen LogP contribution in [0.2, 0.25) is 0 Å². The molecule has 2 aromatic carbocycles. The van der Waals surface area contributed by atoms with Gasteiger partial charge in [-0.15, -0.1) is 0 Å². The lowest BCUT2D eigenvalue weighted by molar-refractivity contribution is 0.00929. The number of aliphatic hydroxyl groups excluding tert-OH is 2. The van der Waals surface area contributed by atoms with Gasteiger partial charge in [-0.25, -0.2) is 4.79 Å². The molecule has 0 spiro atoms. The highest BCUT2D eigenvalue weighted by Crippen LogP contribution is 2.50. The lowest BCUT2D eigenvalue weighted by Gasteiger charge is -2.38. The zero-order chi connectivity index (χ0) is 19.4. The zero-order valence-electron chi connectivity index (χ0n) is 15.5. The van der Waals surface area contributed by atoms with Crippen molar-refractivity contribution in [3.05, 3.63) is 57.6 Å². The highest BCUT2D eigenvalue weighted by atomic mass is 16.7. The van der Waals surface area contributed by atoms with Crippen LogP contribution in [0, 0.1) is 0 Å². The number of nitrogens with zero attached hydrogens (tertiary/aromatic N) is 1. The summed E-state index contributed by atoms with van der Waals surface area (Å²) in [4.78, 5) is 14.8. The van der Waals surface area contributed by atoms with Crippen molar-refractivity contribution in [1.82, 2.24) is 4.90 Å². The average Bonchev–Trinajstić information content (AvgIpc) is 3.31. The second-order valence-corrected chi connectivity index (χ2v) is 7.40. The van der Waals surface area contributed by atoms with Crippen LogP contribution in [-0.4, -0.2) is 41.5 Å². The smallest absolute Gasteiger partial charge is 0.343 e. The Bertz CT molecular complexity index is 972. The predicted octanol–water partition coefficient (Wildman–Crippen LogP) is 1.84. The molecule has 146 valence electrons. The molecule has 2 atom stereocenters. The number of esters is 1. The number of ether oxygens (including phenoxy) is 3. The fraction of sp³-hybridized carbons (Fsp3) is 0.381. The summed E-state index contributed by atoms with van der Waals surface area (Å²) >= 11 is 0. The Kier molecular flexibility index (Phi) is 4.04. The minimum Gasteiger partial charge on any atom is -0.454 e. The van der Waals surface area contributed by atoms with Crippen molar-refractivity contribution in [2.45, 2.75) is 31.8 Å². The van der Waals surface area contributed by atoms with E-state index in [0.717, 1.165) is 35.2 Å². The number of rotatable bonds is 3. The summed E-state index contributed by atoms with van der Waals surface area (Å²) in [5.74, 6) is 0.608. The number of carbonyl (C=O) groups is 1. The molecule has 0 saturated heterocycles. The van der Waals surface area contributed by atoms with Crippen LogP contribution < -0.4 is 9.47 Å². The lowest BCUT2D eigenvalue weighted by Crippen LogP contribution is -2.36. The monoisotopic (exact) mass is 383 g/mol. The summed E-state index contributed by atoms with van der Waals surface area (Å²) < 4.78 is 16.7. The number of carbonyl (C=O) groups excluding carboxylic acids is 1. The molecule has 7 nitrogen and oxygen atoms in total. The Morgan fingerprint density at radius 3 is 2.68 bits per heavy atom. The van der Waals surface area contributed by atoms with Gasteiger partial charge in [-0.2, -0.15) is 0 Å². The molecular formula is C21H21NO6. The first-order chi connectivity index (χ1) is 13.6. The fourth-order valence-corrected chi connectivity index (χ4v) is 4.52. The largest absolute Gasteiger partial charge is 0.454 e. The summed E-state index contributed by atoms with van der Waals surface area (Å²) in [6, 6.07) is 7.38. The van der Waals surface area contributed by atoms with E-state index < -0.39 is 12.1 Å². The number of cyclic esters (lactones) is 1. The summed E-state index contributed by atoms with van der Waals surface area (Å²) in [5.41, 5.74) is 4.77. The van der Waals surface area contributed by atoms with Crippen LogP contribution in [-0.2, 0) is 24.4 Å². The van der Waals surface area contributed by atoms with Crippen LogP contribution in [0.3, 0.4) is 0 Å². The SMILES string of the molecule is CN1CCc2cc(CO)c(CO)cc2[C@H]1[C@H]1OC(=O)c2c1ccc1c2OCO1. The van der Waals surface area contributed by atoms with Gasteiger partial charge in [0.1, 0.15) is 11.7 Å². The van der Waals surface area contributed by atoms with Crippen molar-refractivity contribution in [1.29, 1.82) is 0 Å². The van der Waals surface area contributed by atoms with E-state index in [1.54, 1.807) is 0 Å². The molecule has 0 bridgehead atoms. The van der Waals surface area contributed by atoms with Gasteiger partial charge < -0.3 is 24.4 Å². The predicted molar refractivity (Wildman–Crippen MR) is 98.1 cm³/mol. The molecule has 3 aliphatic heterocycles. The van der Waals surface area contributed by atoms with E-state index >= 15 is 0 Å². The van der Waals surface area contributed by atoms with Crippen molar-refractivity contribution >= 4 is 5.97 Å². The van der Waals surface area contributed by atoms with Crippen LogP contribution in [0.4, 0.5) is 0 Å². The molecule has 7 heteroatoms. The first kappa shape index (κ1) is 17.5. The third-order valence-electron chi connectivity index (χ3n) is 5.93. The maximum Gasteiger partial charge on any atom is 0.343 e. The highest BCUT2D eigenvalue weighted by Gasteiger charge is 2.44. The second-order valence-electron chi connectivity index (χ2n) is 7.40. The standard InChI is InChI=1S/C21H21NO6/c1-22-5-4-11-6-12(8-23)13(9-24)7-15(11)18(22)19-14-2-3-16-20(27-10-26-16)17(14)21(25)28-19/h2-3,6-7,18-19,23-24H,4-5,8-10H2,1H3/t18-,19-/m0/s1. The zero-order valence-corrected chi connectivity index (χ0v) is 15.5. The van der Waals surface area contributed by atoms with Crippen LogP contribution in [0.5, 0.6) is 11.5 Å². The third kappa shape index (κ3) is 2.44. The molecule has 0 radical (unpaired) electrons. The van der Waals surface area contributed by atoms with Gasteiger partial charge in [-0.1, -0.05) is 18.2 Å². The molecule has 0 saturated carbocycles. The molecule has 0 amide bonds.